The molecule has 4 fully saturated rings. The second-order valence-corrected chi connectivity index (χ2v) is 16.7. The summed E-state index contributed by atoms with van der Waals surface area (Å²) < 4.78 is 8.56. The number of carbonyl (C=O) groups excluding carboxylic acids is 3. The van der Waals surface area contributed by atoms with Gasteiger partial charge in [0.2, 0.25) is 5.91 Å². The number of ether oxygens (including phenoxy) is 1. The maximum absolute atomic E-state index is 13.6. The first-order valence-electron chi connectivity index (χ1n) is 21.0. The molecular formula is C45H56N10O5. The van der Waals surface area contributed by atoms with E-state index in [0.717, 1.165) is 80.6 Å². The van der Waals surface area contributed by atoms with Gasteiger partial charge in [-0.15, -0.1) is 0 Å². The van der Waals surface area contributed by atoms with Crippen LogP contribution in [-0.2, 0) is 9.53 Å². The lowest BCUT2D eigenvalue weighted by Crippen LogP contribution is -2.49. The van der Waals surface area contributed by atoms with Crippen molar-refractivity contribution in [3.63, 3.8) is 0 Å². The first-order chi connectivity index (χ1) is 28.9. The second-order valence-electron chi connectivity index (χ2n) is 16.7. The zero-order chi connectivity index (χ0) is 42.1. The molecule has 8 N–H and O–H groups in total. The number of anilines is 1. The van der Waals surface area contributed by atoms with Crippen molar-refractivity contribution in [2.45, 2.75) is 64.1 Å². The lowest BCUT2D eigenvalue weighted by Gasteiger charge is -2.40. The first-order valence-corrected chi connectivity index (χ1v) is 21.0. The van der Waals surface area contributed by atoms with Crippen LogP contribution in [0, 0.1) is 12.8 Å². The number of hydrogen-bond donors (Lipinski definition) is 5. The highest BCUT2D eigenvalue weighted by Gasteiger charge is 2.32. The molecule has 0 radical (unpaired) electrons. The predicted octanol–water partition coefficient (Wildman–Crippen LogP) is 4.53. The molecule has 0 aliphatic carbocycles. The van der Waals surface area contributed by atoms with Gasteiger partial charge in [-0.1, -0.05) is 24.3 Å². The molecule has 4 aliphatic rings. The van der Waals surface area contributed by atoms with Crippen molar-refractivity contribution in [3.05, 3.63) is 107 Å². The van der Waals surface area contributed by atoms with Crippen LogP contribution in [0.5, 0.6) is 5.75 Å². The van der Waals surface area contributed by atoms with Crippen LogP contribution in [0.3, 0.4) is 0 Å². The van der Waals surface area contributed by atoms with Gasteiger partial charge < -0.3 is 46.3 Å². The molecule has 4 saturated heterocycles. The number of hydrogen-bond acceptors (Lipinski definition) is 11. The smallest absolute Gasteiger partial charge is 0.328 e. The summed E-state index contributed by atoms with van der Waals surface area (Å²) in [5.74, 6) is 0.539. The Morgan fingerprint density at radius 2 is 1.72 bits per heavy atom. The summed E-state index contributed by atoms with van der Waals surface area (Å²) in [6.45, 7) is 9.92. The Morgan fingerprint density at radius 1 is 0.983 bits per heavy atom. The van der Waals surface area contributed by atoms with Gasteiger partial charge in [0.25, 0.3) is 5.91 Å². The molecule has 2 aromatic carbocycles. The van der Waals surface area contributed by atoms with Crippen molar-refractivity contribution in [1.29, 1.82) is 0 Å². The number of nitrogens with two attached hydrogens (primary N) is 3. The van der Waals surface area contributed by atoms with E-state index in [2.05, 4.69) is 32.8 Å². The van der Waals surface area contributed by atoms with E-state index < -0.39 is 6.03 Å². The molecule has 15 nitrogen and oxygen atoms in total. The fraction of sp³-hybridized carbons (Fsp3) is 0.422. The Labute approximate surface area is 350 Å². The molecule has 6 heterocycles. The highest BCUT2D eigenvalue weighted by molar-refractivity contribution is 6.06. The van der Waals surface area contributed by atoms with Gasteiger partial charge in [0.15, 0.2) is 0 Å². The van der Waals surface area contributed by atoms with Gasteiger partial charge >= 0.3 is 6.03 Å². The summed E-state index contributed by atoms with van der Waals surface area (Å²) in [5.41, 5.74) is 24.5. The minimum atomic E-state index is -0.402. The van der Waals surface area contributed by atoms with E-state index in [0.29, 0.717) is 59.9 Å². The lowest BCUT2D eigenvalue weighted by atomic mass is 9.94. The number of aryl methyl sites for hydroxylation is 1. The highest BCUT2D eigenvalue weighted by Crippen LogP contribution is 2.34. The van der Waals surface area contributed by atoms with Crippen molar-refractivity contribution in [2.24, 2.45) is 23.1 Å². The van der Waals surface area contributed by atoms with Gasteiger partial charge in [0, 0.05) is 92.7 Å². The van der Waals surface area contributed by atoms with Gasteiger partial charge in [-0.25, -0.2) is 9.78 Å². The molecule has 0 unspecified atom stereocenters. The van der Waals surface area contributed by atoms with Gasteiger partial charge in [-0.05, 0) is 93.0 Å². The first kappa shape index (κ1) is 40.7. The third kappa shape index (κ3) is 8.50. The number of para-hydroxylation sites is 1. The highest BCUT2D eigenvalue weighted by atomic mass is 16.5. The summed E-state index contributed by atoms with van der Waals surface area (Å²) >= 11 is 0. The second kappa shape index (κ2) is 17.3. The topological polar surface area (TPSA) is 202 Å². The third-order valence-electron chi connectivity index (χ3n) is 12.7. The summed E-state index contributed by atoms with van der Waals surface area (Å²) in [7, 11) is 0. The Kier molecular flexibility index (Phi) is 11.7. The molecule has 4 aliphatic heterocycles. The SMILES string of the molecule is Cc1cn(C2CCN(CC3CCN(C(=O)c4ccc([C@H]5CN(C(/C=C(\N)c6ccccc6O)=C(N)N)[C@@H](C)CO5)cc4)CC3)CC2)c2ncc(N3CCC(=O)NC3=O)cc12. The molecular weight excluding hydrogens is 761 g/mol. The number of likely N-dealkylation sites (tertiary alicyclic amines) is 2. The van der Waals surface area contributed by atoms with Crippen LogP contribution < -0.4 is 27.4 Å². The molecule has 0 saturated carbocycles. The van der Waals surface area contributed by atoms with Gasteiger partial charge in [-0.2, -0.15) is 0 Å². The Balaban J connectivity index is 0.818. The third-order valence-corrected chi connectivity index (χ3v) is 12.7. The fourth-order valence-corrected chi connectivity index (χ4v) is 9.17. The zero-order valence-electron chi connectivity index (χ0n) is 34.4. The Hall–Kier alpha value is -6.06. The number of morpholine rings is 1. The zero-order valence-corrected chi connectivity index (χ0v) is 34.4. The van der Waals surface area contributed by atoms with Crippen LogP contribution in [-0.4, -0.2) is 106 Å². The Morgan fingerprint density at radius 3 is 2.42 bits per heavy atom. The van der Waals surface area contributed by atoms with E-state index in [4.69, 9.17) is 26.9 Å². The lowest BCUT2D eigenvalue weighted by molar-refractivity contribution is -0.120. The van der Waals surface area contributed by atoms with E-state index in [-0.39, 0.29) is 42.0 Å². The van der Waals surface area contributed by atoms with Crippen molar-refractivity contribution in [2.75, 3.05) is 57.3 Å². The number of piperidine rings is 2. The number of carbonyl (C=O) groups is 3. The van der Waals surface area contributed by atoms with Crippen molar-refractivity contribution in [1.82, 2.24) is 29.6 Å². The molecule has 60 heavy (non-hydrogen) atoms. The van der Waals surface area contributed by atoms with Crippen LogP contribution in [0.25, 0.3) is 16.7 Å². The fourth-order valence-electron chi connectivity index (χ4n) is 9.17. The molecule has 8 rings (SSSR count). The van der Waals surface area contributed by atoms with Gasteiger partial charge in [-0.3, -0.25) is 19.8 Å². The number of phenolic OH excluding ortho intramolecular Hbond substituents is 1. The number of benzene rings is 2. The van der Waals surface area contributed by atoms with E-state index in [1.165, 1.54) is 0 Å². The number of imide groups is 1. The molecule has 4 amide bonds. The number of amides is 4. The largest absolute Gasteiger partial charge is 0.507 e. The number of nitrogens with one attached hydrogen (secondary N) is 1. The molecule has 4 aromatic rings. The number of phenols is 1. The van der Waals surface area contributed by atoms with Crippen LogP contribution in [0.1, 0.15) is 78.2 Å². The average molecular weight is 817 g/mol. The van der Waals surface area contributed by atoms with Crippen molar-refractivity contribution >= 4 is 40.3 Å². The molecule has 2 atom stereocenters. The van der Waals surface area contributed by atoms with E-state index in [9.17, 15) is 19.5 Å². The summed E-state index contributed by atoms with van der Waals surface area (Å²) in [6.07, 6.45) is 9.65. The summed E-state index contributed by atoms with van der Waals surface area (Å²) in [5, 5.41) is 13.7. The van der Waals surface area contributed by atoms with Crippen molar-refractivity contribution < 1.29 is 24.2 Å². The number of pyridine rings is 1. The van der Waals surface area contributed by atoms with E-state index >= 15 is 0 Å². The summed E-state index contributed by atoms with van der Waals surface area (Å²) in [4.78, 5) is 50.7. The number of fused-ring (bicyclic) bond motifs is 1. The molecule has 316 valence electrons. The monoisotopic (exact) mass is 816 g/mol. The van der Waals surface area contributed by atoms with E-state index in [1.807, 2.05) is 42.2 Å². The number of urea groups is 1. The average Bonchev–Trinajstić information content (AvgIpc) is 3.58. The molecule has 15 heteroatoms. The Bertz CT molecular complexity index is 2300. The van der Waals surface area contributed by atoms with E-state index in [1.54, 1.807) is 41.4 Å². The summed E-state index contributed by atoms with van der Waals surface area (Å²) in [6, 6.07) is 16.5. The number of rotatable bonds is 9. The van der Waals surface area contributed by atoms with Crippen molar-refractivity contribution in [3.8, 4) is 5.75 Å². The van der Waals surface area contributed by atoms with Gasteiger partial charge in [0.05, 0.1) is 24.2 Å². The molecule has 0 spiro atoms. The quantitative estimate of drug-likeness (QED) is 0.149. The minimum Gasteiger partial charge on any atom is -0.507 e. The van der Waals surface area contributed by atoms with Crippen LogP contribution in [0.2, 0.25) is 0 Å². The maximum Gasteiger partial charge on any atom is 0.328 e. The van der Waals surface area contributed by atoms with Gasteiger partial charge in [0.1, 0.15) is 23.3 Å². The number of nitrogens with zero attached hydrogens (tertiary/aromatic N) is 6. The van der Waals surface area contributed by atoms with Crippen LogP contribution >= 0.6 is 0 Å². The molecule has 0 bridgehead atoms. The minimum absolute atomic E-state index is 0.0288. The maximum atomic E-state index is 13.6. The standard InChI is InChI=1S/C45H56N10O5/c1-28-24-55(43-36(28)21-34(23-49-43)53-20-15-41(57)50-45(53)59)33-13-16-51(17-14-33)25-30-11-18-52(19-12-30)44(58)32-9-7-31(8-10-32)40-26-54(29(2)27-60-40)38(42(47)48)22-37(46)35-5-3-4-6-39(35)56/h3-10,21-24,29-30,33,40,56H,11-20,25-27,46-48H2,1-2H3,(H,50,57,59)/b37-22-/t29-,40+/m0/s1. The number of aromatic nitrogens is 2. The molecule has 2 aromatic heterocycles. The normalized spacial score (nSPS) is 21.4. The van der Waals surface area contributed by atoms with Crippen LogP contribution in [0.4, 0.5) is 10.5 Å². The predicted molar refractivity (Wildman–Crippen MR) is 230 cm³/mol. The van der Waals surface area contributed by atoms with Crippen LogP contribution in [0.15, 0.2) is 84.6 Å². The number of aromatic hydroxyl groups is 1. The number of allylic oxidation sites excluding steroid dienone is 1.